The Morgan fingerprint density at radius 2 is 1.94 bits per heavy atom. The Morgan fingerprint density at radius 1 is 1.29 bits per heavy atom. The van der Waals surface area contributed by atoms with E-state index in [4.69, 9.17) is 5.11 Å². The van der Waals surface area contributed by atoms with Gasteiger partial charge in [0.25, 0.3) is 0 Å². The van der Waals surface area contributed by atoms with E-state index in [1.54, 1.807) is 0 Å². The monoisotopic (exact) mass is 235 g/mol. The molecule has 0 aromatic heterocycles. The summed E-state index contributed by atoms with van der Waals surface area (Å²) in [5.41, 5.74) is 2.80. The molecule has 1 heterocycles. The molecule has 0 atom stereocenters. The van der Waals surface area contributed by atoms with Crippen LogP contribution in [0.2, 0.25) is 0 Å². The molecule has 1 aliphatic heterocycles. The van der Waals surface area contributed by atoms with E-state index in [9.17, 15) is 5.11 Å². The molecule has 17 heavy (non-hydrogen) atoms. The molecule has 1 saturated heterocycles. The SMILES string of the molecule is Cc1cc(N2CCC(C)(O)CC2)ccc1CO. The maximum Gasteiger partial charge on any atom is 0.0684 e. The summed E-state index contributed by atoms with van der Waals surface area (Å²) >= 11 is 0. The minimum atomic E-state index is -0.503. The van der Waals surface area contributed by atoms with Crippen LogP contribution in [0.25, 0.3) is 0 Å². The van der Waals surface area contributed by atoms with Gasteiger partial charge in [0.15, 0.2) is 0 Å². The number of aliphatic hydroxyl groups excluding tert-OH is 1. The first-order valence-electron chi connectivity index (χ1n) is 6.19. The van der Waals surface area contributed by atoms with Crippen LogP contribution in [0, 0.1) is 6.92 Å². The fraction of sp³-hybridized carbons (Fsp3) is 0.571. The van der Waals surface area contributed by atoms with E-state index in [1.165, 1.54) is 5.69 Å². The van der Waals surface area contributed by atoms with E-state index in [0.29, 0.717) is 0 Å². The zero-order chi connectivity index (χ0) is 12.5. The van der Waals surface area contributed by atoms with Crippen molar-refractivity contribution >= 4 is 5.69 Å². The van der Waals surface area contributed by atoms with Gasteiger partial charge >= 0.3 is 0 Å². The van der Waals surface area contributed by atoms with Crippen LogP contribution in [0.3, 0.4) is 0 Å². The van der Waals surface area contributed by atoms with E-state index in [2.05, 4.69) is 17.0 Å². The van der Waals surface area contributed by atoms with E-state index in [1.807, 2.05) is 19.9 Å². The second-order valence-corrected chi connectivity index (χ2v) is 5.25. The Kier molecular flexibility index (Phi) is 3.40. The van der Waals surface area contributed by atoms with Crippen molar-refractivity contribution in [2.75, 3.05) is 18.0 Å². The number of hydrogen-bond donors (Lipinski definition) is 2. The topological polar surface area (TPSA) is 43.7 Å². The molecule has 0 aliphatic carbocycles. The number of anilines is 1. The molecule has 3 heteroatoms. The molecule has 0 unspecified atom stereocenters. The van der Waals surface area contributed by atoms with Gasteiger partial charge in [-0.05, 0) is 49.9 Å². The maximum atomic E-state index is 9.92. The number of piperidine rings is 1. The van der Waals surface area contributed by atoms with Gasteiger partial charge in [-0.2, -0.15) is 0 Å². The highest BCUT2D eigenvalue weighted by molar-refractivity contribution is 5.51. The second-order valence-electron chi connectivity index (χ2n) is 5.25. The van der Waals surface area contributed by atoms with Gasteiger partial charge in [0, 0.05) is 18.8 Å². The van der Waals surface area contributed by atoms with Crippen molar-refractivity contribution in [1.82, 2.24) is 0 Å². The predicted octanol–water partition coefficient (Wildman–Crippen LogP) is 1.84. The van der Waals surface area contributed by atoms with Crippen LogP contribution in [-0.4, -0.2) is 28.9 Å². The molecule has 94 valence electrons. The molecule has 1 aromatic rings. The Bertz CT molecular complexity index is 391. The summed E-state index contributed by atoms with van der Waals surface area (Å²) in [6, 6.07) is 6.15. The largest absolute Gasteiger partial charge is 0.392 e. The first kappa shape index (κ1) is 12.4. The first-order chi connectivity index (χ1) is 8.02. The summed E-state index contributed by atoms with van der Waals surface area (Å²) in [4.78, 5) is 2.30. The summed E-state index contributed by atoms with van der Waals surface area (Å²) in [6.45, 7) is 5.82. The van der Waals surface area contributed by atoms with Crippen LogP contribution >= 0.6 is 0 Å². The fourth-order valence-corrected chi connectivity index (χ4v) is 2.30. The van der Waals surface area contributed by atoms with Crippen molar-refractivity contribution in [3.63, 3.8) is 0 Å². The highest BCUT2D eigenvalue weighted by Gasteiger charge is 2.27. The summed E-state index contributed by atoms with van der Waals surface area (Å²) in [5.74, 6) is 0. The number of aryl methyl sites for hydroxylation is 1. The van der Waals surface area contributed by atoms with Crippen molar-refractivity contribution in [2.45, 2.75) is 38.9 Å². The van der Waals surface area contributed by atoms with E-state index < -0.39 is 5.60 Å². The molecule has 1 fully saturated rings. The molecule has 3 nitrogen and oxygen atoms in total. The van der Waals surface area contributed by atoms with E-state index in [0.717, 1.165) is 37.1 Å². The number of nitrogens with zero attached hydrogens (tertiary/aromatic N) is 1. The third-order valence-electron chi connectivity index (χ3n) is 3.70. The van der Waals surface area contributed by atoms with Gasteiger partial charge in [0.1, 0.15) is 0 Å². The van der Waals surface area contributed by atoms with Gasteiger partial charge in [0.2, 0.25) is 0 Å². The summed E-state index contributed by atoms with van der Waals surface area (Å²) in [5, 5.41) is 19.1. The highest BCUT2D eigenvalue weighted by Crippen LogP contribution is 2.27. The van der Waals surface area contributed by atoms with Crippen molar-refractivity contribution < 1.29 is 10.2 Å². The summed E-state index contributed by atoms with van der Waals surface area (Å²) < 4.78 is 0. The quantitative estimate of drug-likeness (QED) is 0.822. The number of benzene rings is 1. The fourth-order valence-electron chi connectivity index (χ4n) is 2.30. The summed E-state index contributed by atoms with van der Waals surface area (Å²) in [6.07, 6.45) is 1.63. The van der Waals surface area contributed by atoms with Crippen LogP contribution in [-0.2, 0) is 6.61 Å². The van der Waals surface area contributed by atoms with Crippen molar-refractivity contribution in [3.05, 3.63) is 29.3 Å². The Balaban J connectivity index is 2.11. The van der Waals surface area contributed by atoms with Gasteiger partial charge in [-0.15, -0.1) is 0 Å². The van der Waals surface area contributed by atoms with Crippen molar-refractivity contribution in [2.24, 2.45) is 0 Å². The smallest absolute Gasteiger partial charge is 0.0684 e. The maximum absolute atomic E-state index is 9.92. The zero-order valence-electron chi connectivity index (χ0n) is 10.6. The molecule has 0 spiro atoms. The average Bonchev–Trinajstić information content (AvgIpc) is 2.29. The average molecular weight is 235 g/mol. The normalized spacial score (nSPS) is 19.4. The number of hydrogen-bond acceptors (Lipinski definition) is 3. The molecule has 2 rings (SSSR count). The van der Waals surface area contributed by atoms with Gasteiger partial charge in [0.05, 0.1) is 12.2 Å². The molecular formula is C14H21NO2. The zero-order valence-corrected chi connectivity index (χ0v) is 10.6. The van der Waals surface area contributed by atoms with Gasteiger partial charge in [-0.1, -0.05) is 6.07 Å². The lowest BCUT2D eigenvalue weighted by Crippen LogP contribution is -2.42. The predicted molar refractivity (Wildman–Crippen MR) is 69.2 cm³/mol. The summed E-state index contributed by atoms with van der Waals surface area (Å²) in [7, 11) is 0. The molecule has 2 N–H and O–H groups in total. The van der Waals surface area contributed by atoms with Crippen LogP contribution in [0.1, 0.15) is 30.9 Å². The Morgan fingerprint density at radius 3 is 2.47 bits per heavy atom. The van der Waals surface area contributed by atoms with Crippen LogP contribution in [0.5, 0.6) is 0 Å². The minimum absolute atomic E-state index is 0.0980. The lowest BCUT2D eigenvalue weighted by Gasteiger charge is -2.37. The minimum Gasteiger partial charge on any atom is -0.392 e. The lowest BCUT2D eigenvalue weighted by molar-refractivity contribution is 0.0351. The molecule has 0 radical (unpaired) electrons. The molecule has 0 amide bonds. The van der Waals surface area contributed by atoms with Crippen LogP contribution in [0.4, 0.5) is 5.69 Å². The standard InChI is InChI=1S/C14H21NO2/c1-11-9-13(4-3-12(11)10-16)15-7-5-14(2,17)6-8-15/h3-4,9,16-17H,5-8,10H2,1-2H3. The third kappa shape index (κ3) is 2.79. The van der Waals surface area contributed by atoms with Crippen molar-refractivity contribution in [1.29, 1.82) is 0 Å². The molecule has 0 saturated carbocycles. The first-order valence-corrected chi connectivity index (χ1v) is 6.19. The van der Waals surface area contributed by atoms with Crippen molar-refractivity contribution in [3.8, 4) is 0 Å². The Hall–Kier alpha value is -1.06. The van der Waals surface area contributed by atoms with Gasteiger partial charge in [-0.3, -0.25) is 0 Å². The lowest BCUT2D eigenvalue weighted by atomic mass is 9.93. The van der Waals surface area contributed by atoms with Gasteiger partial charge < -0.3 is 15.1 Å². The Labute approximate surface area is 103 Å². The molecule has 1 aliphatic rings. The van der Waals surface area contributed by atoms with E-state index in [-0.39, 0.29) is 6.61 Å². The number of rotatable bonds is 2. The van der Waals surface area contributed by atoms with Crippen LogP contribution in [0.15, 0.2) is 18.2 Å². The molecule has 0 bridgehead atoms. The van der Waals surface area contributed by atoms with Crippen LogP contribution < -0.4 is 4.90 Å². The van der Waals surface area contributed by atoms with E-state index >= 15 is 0 Å². The molecular weight excluding hydrogens is 214 g/mol. The highest BCUT2D eigenvalue weighted by atomic mass is 16.3. The number of aliphatic hydroxyl groups is 2. The molecule has 1 aromatic carbocycles. The van der Waals surface area contributed by atoms with Gasteiger partial charge in [-0.25, -0.2) is 0 Å². The second kappa shape index (κ2) is 4.67. The third-order valence-corrected chi connectivity index (χ3v) is 3.70.